The van der Waals surface area contributed by atoms with Gasteiger partial charge in [0.25, 0.3) is 0 Å². The van der Waals surface area contributed by atoms with Crippen LogP contribution in [0.5, 0.6) is 0 Å². The Balaban J connectivity index is 3.06. The van der Waals surface area contributed by atoms with Crippen LogP contribution in [0.2, 0.25) is 0 Å². The Bertz CT molecular complexity index is 102. The summed E-state index contributed by atoms with van der Waals surface area (Å²) in [6.07, 6.45) is 3.73. The summed E-state index contributed by atoms with van der Waals surface area (Å²) in [7, 11) is 0. The molecule has 0 aliphatic heterocycles. The van der Waals surface area contributed by atoms with E-state index in [2.05, 4.69) is 20.8 Å². The summed E-state index contributed by atoms with van der Waals surface area (Å²) in [6, 6.07) is 0. The lowest BCUT2D eigenvalue weighted by molar-refractivity contribution is 0.0882. The Morgan fingerprint density at radius 2 is 1.92 bits per heavy atom. The number of hydrogen-bond acceptors (Lipinski definition) is 2. The van der Waals surface area contributed by atoms with Crippen LogP contribution in [-0.2, 0) is 4.74 Å². The van der Waals surface area contributed by atoms with Crippen molar-refractivity contribution in [3.63, 3.8) is 0 Å². The van der Waals surface area contributed by atoms with E-state index in [0.717, 1.165) is 38.9 Å². The van der Waals surface area contributed by atoms with Crippen molar-refractivity contribution in [2.75, 3.05) is 13.2 Å². The Labute approximate surface area is 82.3 Å². The standard InChI is InChI=1S/C11H24O2/c1-4-6-11(12)7-5-8-13-9-10(2)3/h10-12H,4-9H2,1-3H3. The van der Waals surface area contributed by atoms with E-state index in [1.165, 1.54) is 0 Å². The summed E-state index contributed by atoms with van der Waals surface area (Å²) in [6.45, 7) is 8.01. The number of ether oxygens (including phenoxy) is 1. The third kappa shape index (κ3) is 9.84. The quantitative estimate of drug-likeness (QED) is 0.593. The van der Waals surface area contributed by atoms with Gasteiger partial charge in [0.1, 0.15) is 0 Å². The maximum Gasteiger partial charge on any atom is 0.0541 e. The zero-order valence-electron chi connectivity index (χ0n) is 9.25. The first-order valence-corrected chi connectivity index (χ1v) is 5.42. The van der Waals surface area contributed by atoms with Crippen molar-refractivity contribution in [1.29, 1.82) is 0 Å². The molecule has 1 N–H and O–H groups in total. The van der Waals surface area contributed by atoms with Gasteiger partial charge in [0.15, 0.2) is 0 Å². The molecule has 2 nitrogen and oxygen atoms in total. The van der Waals surface area contributed by atoms with Gasteiger partial charge in [-0.2, -0.15) is 0 Å². The second kappa shape index (κ2) is 8.52. The molecule has 0 rings (SSSR count). The van der Waals surface area contributed by atoms with E-state index in [1.807, 2.05) is 0 Å². The molecule has 2 heteroatoms. The first kappa shape index (κ1) is 12.9. The van der Waals surface area contributed by atoms with Gasteiger partial charge >= 0.3 is 0 Å². The van der Waals surface area contributed by atoms with Crippen LogP contribution in [0.25, 0.3) is 0 Å². The smallest absolute Gasteiger partial charge is 0.0541 e. The number of aliphatic hydroxyl groups is 1. The monoisotopic (exact) mass is 188 g/mol. The van der Waals surface area contributed by atoms with Crippen LogP contribution < -0.4 is 0 Å². The van der Waals surface area contributed by atoms with Gasteiger partial charge in [-0.25, -0.2) is 0 Å². The van der Waals surface area contributed by atoms with E-state index < -0.39 is 0 Å². The fourth-order valence-corrected chi connectivity index (χ4v) is 1.22. The Morgan fingerprint density at radius 1 is 1.23 bits per heavy atom. The van der Waals surface area contributed by atoms with E-state index in [9.17, 15) is 5.11 Å². The average Bonchev–Trinajstić information content (AvgIpc) is 2.03. The van der Waals surface area contributed by atoms with Gasteiger partial charge in [0.05, 0.1) is 6.10 Å². The minimum absolute atomic E-state index is 0.118. The third-order valence-electron chi connectivity index (χ3n) is 1.90. The highest BCUT2D eigenvalue weighted by Gasteiger charge is 2.01. The molecule has 0 bridgehead atoms. The number of hydrogen-bond donors (Lipinski definition) is 1. The van der Waals surface area contributed by atoms with E-state index >= 15 is 0 Å². The van der Waals surface area contributed by atoms with Crippen molar-refractivity contribution in [2.45, 2.75) is 52.6 Å². The van der Waals surface area contributed by atoms with Crippen molar-refractivity contribution in [1.82, 2.24) is 0 Å². The summed E-state index contributed by atoms with van der Waals surface area (Å²) in [4.78, 5) is 0. The maximum atomic E-state index is 9.40. The summed E-state index contributed by atoms with van der Waals surface area (Å²) < 4.78 is 5.41. The fraction of sp³-hybridized carbons (Fsp3) is 1.00. The zero-order chi connectivity index (χ0) is 10.1. The molecule has 80 valence electrons. The minimum atomic E-state index is -0.118. The normalized spacial score (nSPS) is 13.6. The molecular weight excluding hydrogens is 164 g/mol. The lowest BCUT2D eigenvalue weighted by Crippen LogP contribution is -2.09. The van der Waals surface area contributed by atoms with Crippen molar-refractivity contribution in [3.8, 4) is 0 Å². The molecule has 0 saturated heterocycles. The van der Waals surface area contributed by atoms with E-state index in [4.69, 9.17) is 4.74 Å². The highest BCUT2D eigenvalue weighted by Crippen LogP contribution is 2.04. The molecule has 0 heterocycles. The molecule has 0 fully saturated rings. The van der Waals surface area contributed by atoms with Crippen LogP contribution in [0.3, 0.4) is 0 Å². The second-order valence-electron chi connectivity index (χ2n) is 4.05. The van der Waals surface area contributed by atoms with Gasteiger partial charge in [-0.15, -0.1) is 0 Å². The van der Waals surface area contributed by atoms with Crippen molar-refractivity contribution >= 4 is 0 Å². The van der Waals surface area contributed by atoms with Gasteiger partial charge in [-0.3, -0.25) is 0 Å². The molecule has 0 spiro atoms. The molecular formula is C11H24O2. The van der Waals surface area contributed by atoms with Gasteiger partial charge in [0.2, 0.25) is 0 Å². The molecule has 0 radical (unpaired) electrons. The van der Waals surface area contributed by atoms with Crippen LogP contribution in [0.15, 0.2) is 0 Å². The zero-order valence-corrected chi connectivity index (χ0v) is 9.25. The van der Waals surface area contributed by atoms with Gasteiger partial charge in [0, 0.05) is 13.2 Å². The van der Waals surface area contributed by atoms with Crippen molar-refractivity contribution < 1.29 is 9.84 Å². The van der Waals surface area contributed by atoms with E-state index in [-0.39, 0.29) is 6.10 Å². The molecule has 0 aromatic heterocycles. The van der Waals surface area contributed by atoms with Crippen molar-refractivity contribution in [2.24, 2.45) is 5.92 Å². The predicted octanol–water partition coefficient (Wildman–Crippen LogP) is 2.60. The Hall–Kier alpha value is -0.0800. The first-order chi connectivity index (χ1) is 6.16. The minimum Gasteiger partial charge on any atom is -0.393 e. The largest absolute Gasteiger partial charge is 0.393 e. The van der Waals surface area contributed by atoms with Gasteiger partial charge < -0.3 is 9.84 Å². The maximum absolute atomic E-state index is 9.40. The summed E-state index contributed by atoms with van der Waals surface area (Å²) in [5.74, 6) is 0.612. The van der Waals surface area contributed by atoms with Crippen LogP contribution in [0, 0.1) is 5.92 Å². The molecule has 0 aliphatic rings. The van der Waals surface area contributed by atoms with Crippen LogP contribution in [0.1, 0.15) is 46.5 Å². The average molecular weight is 188 g/mol. The summed E-state index contributed by atoms with van der Waals surface area (Å²) in [5.41, 5.74) is 0. The Kier molecular flexibility index (Phi) is 8.46. The highest BCUT2D eigenvalue weighted by atomic mass is 16.5. The summed E-state index contributed by atoms with van der Waals surface area (Å²) >= 11 is 0. The van der Waals surface area contributed by atoms with Gasteiger partial charge in [-0.05, 0) is 25.2 Å². The van der Waals surface area contributed by atoms with Gasteiger partial charge in [-0.1, -0.05) is 27.2 Å². The molecule has 0 aromatic rings. The molecule has 0 amide bonds. The van der Waals surface area contributed by atoms with E-state index in [0.29, 0.717) is 5.92 Å². The third-order valence-corrected chi connectivity index (χ3v) is 1.90. The molecule has 0 aliphatic carbocycles. The lowest BCUT2D eigenvalue weighted by Gasteiger charge is -2.09. The predicted molar refractivity (Wildman–Crippen MR) is 55.8 cm³/mol. The molecule has 13 heavy (non-hydrogen) atoms. The Morgan fingerprint density at radius 3 is 2.46 bits per heavy atom. The van der Waals surface area contributed by atoms with Crippen LogP contribution in [0.4, 0.5) is 0 Å². The first-order valence-electron chi connectivity index (χ1n) is 5.42. The molecule has 1 atom stereocenters. The highest BCUT2D eigenvalue weighted by molar-refractivity contribution is 4.54. The summed E-state index contributed by atoms with van der Waals surface area (Å²) in [5, 5.41) is 9.40. The second-order valence-corrected chi connectivity index (χ2v) is 4.05. The van der Waals surface area contributed by atoms with Crippen LogP contribution in [-0.4, -0.2) is 24.4 Å². The van der Waals surface area contributed by atoms with E-state index in [1.54, 1.807) is 0 Å². The topological polar surface area (TPSA) is 29.5 Å². The lowest BCUT2D eigenvalue weighted by atomic mass is 10.1. The number of rotatable bonds is 8. The SMILES string of the molecule is CCCC(O)CCCOCC(C)C. The fourth-order valence-electron chi connectivity index (χ4n) is 1.22. The number of aliphatic hydroxyl groups excluding tert-OH is 1. The molecule has 0 aromatic carbocycles. The molecule has 0 saturated carbocycles. The molecule has 1 unspecified atom stereocenters. The van der Waals surface area contributed by atoms with Crippen molar-refractivity contribution in [3.05, 3.63) is 0 Å². The van der Waals surface area contributed by atoms with Crippen LogP contribution >= 0.6 is 0 Å².